The van der Waals surface area contributed by atoms with E-state index in [0.29, 0.717) is 27.4 Å². The van der Waals surface area contributed by atoms with Crippen LogP contribution in [0.2, 0.25) is 10.0 Å². The van der Waals surface area contributed by atoms with Crippen molar-refractivity contribution in [3.05, 3.63) is 43.7 Å². The number of pyridine rings is 1. The van der Waals surface area contributed by atoms with Gasteiger partial charge in [0.25, 0.3) is 0 Å². The second-order valence-corrected chi connectivity index (χ2v) is 4.48. The highest BCUT2D eigenvalue weighted by Crippen LogP contribution is 2.28. The van der Waals surface area contributed by atoms with Gasteiger partial charge in [-0.2, -0.15) is 0 Å². The van der Waals surface area contributed by atoms with Crippen LogP contribution in [-0.4, -0.2) is 4.98 Å². The largest absolute Gasteiger partial charge is 0.357 e. The van der Waals surface area contributed by atoms with Crippen molar-refractivity contribution in [2.45, 2.75) is 20.3 Å². The molecule has 84 valence electrons. The van der Waals surface area contributed by atoms with Crippen LogP contribution in [0.5, 0.6) is 0 Å². The smallest absolute Gasteiger partial charge is 0.192 e. The molecule has 0 spiro atoms. The van der Waals surface area contributed by atoms with Crippen molar-refractivity contribution in [1.29, 1.82) is 0 Å². The van der Waals surface area contributed by atoms with Crippen LogP contribution in [0, 0.1) is 6.92 Å². The predicted octanol–water partition coefficient (Wildman–Crippen LogP) is 3.71. The molecule has 2 aromatic rings. The molecule has 1 aromatic carbocycles. The number of halogens is 2. The Kier molecular flexibility index (Phi) is 2.96. The predicted molar refractivity (Wildman–Crippen MR) is 68.7 cm³/mol. The maximum absolute atomic E-state index is 12.1. The van der Waals surface area contributed by atoms with Gasteiger partial charge in [-0.05, 0) is 25.5 Å². The maximum atomic E-state index is 12.1. The minimum atomic E-state index is 0.0346. The summed E-state index contributed by atoms with van der Waals surface area (Å²) in [5.74, 6) is 0. The number of aromatic amines is 1. The number of rotatable bonds is 1. The molecule has 16 heavy (non-hydrogen) atoms. The van der Waals surface area contributed by atoms with Gasteiger partial charge in [0.2, 0.25) is 0 Å². The van der Waals surface area contributed by atoms with E-state index < -0.39 is 0 Å². The Morgan fingerprint density at radius 3 is 2.62 bits per heavy atom. The zero-order valence-corrected chi connectivity index (χ0v) is 10.5. The van der Waals surface area contributed by atoms with E-state index in [9.17, 15) is 4.79 Å². The molecule has 0 unspecified atom stereocenters. The molecule has 2 nitrogen and oxygen atoms in total. The first-order chi connectivity index (χ1) is 7.56. The SMILES string of the molecule is CCc1c(C)[nH]c2c(Cl)c(Cl)ccc2c1=O. The van der Waals surface area contributed by atoms with Crippen LogP contribution in [-0.2, 0) is 6.42 Å². The summed E-state index contributed by atoms with van der Waals surface area (Å²) in [4.78, 5) is 15.3. The molecule has 0 aliphatic carbocycles. The van der Waals surface area contributed by atoms with Crippen molar-refractivity contribution >= 4 is 34.1 Å². The average Bonchev–Trinajstić information content (AvgIpc) is 2.25. The Balaban J connectivity index is 2.99. The summed E-state index contributed by atoms with van der Waals surface area (Å²) >= 11 is 12.0. The van der Waals surface area contributed by atoms with Crippen LogP contribution < -0.4 is 5.43 Å². The molecule has 0 radical (unpaired) electrons. The minimum absolute atomic E-state index is 0.0346. The van der Waals surface area contributed by atoms with Gasteiger partial charge in [-0.3, -0.25) is 4.79 Å². The van der Waals surface area contributed by atoms with Gasteiger partial charge in [0, 0.05) is 16.6 Å². The van der Waals surface area contributed by atoms with Crippen molar-refractivity contribution in [2.75, 3.05) is 0 Å². The Labute approximate surface area is 103 Å². The third-order valence-corrected chi connectivity index (χ3v) is 3.54. The van der Waals surface area contributed by atoms with Crippen molar-refractivity contribution < 1.29 is 0 Å². The fraction of sp³-hybridized carbons (Fsp3) is 0.250. The van der Waals surface area contributed by atoms with Gasteiger partial charge >= 0.3 is 0 Å². The molecule has 1 heterocycles. The number of aromatic nitrogens is 1. The second-order valence-electron chi connectivity index (χ2n) is 3.70. The fourth-order valence-electron chi connectivity index (χ4n) is 1.88. The highest BCUT2D eigenvalue weighted by Gasteiger charge is 2.11. The highest BCUT2D eigenvalue weighted by atomic mass is 35.5. The molecule has 0 aliphatic heterocycles. The summed E-state index contributed by atoms with van der Waals surface area (Å²) in [5.41, 5.74) is 2.30. The van der Waals surface area contributed by atoms with Crippen LogP contribution in [0.4, 0.5) is 0 Å². The van der Waals surface area contributed by atoms with Gasteiger partial charge < -0.3 is 4.98 Å². The summed E-state index contributed by atoms with van der Waals surface area (Å²) in [5, 5.41) is 1.45. The number of nitrogens with one attached hydrogen (secondary N) is 1. The van der Waals surface area contributed by atoms with Crippen molar-refractivity contribution in [3.63, 3.8) is 0 Å². The molecule has 0 aliphatic rings. The number of aryl methyl sites for hydroxylation is 1. The maximum Gasteiger partial charge on any atom is 0.192 e. The molecule has 1 N–H and O–H groups in total. The molecular weight excluding hydrogens is 245 g/mol. The van der Waals surface area contributed by atoms with Gasteiger partial charge in [0.15, 0.2) is 5.43 Å². The number of hydrogen-bond donors (Lipinski definition) is 1. The zero-order chi connectivity index (χ0) is 11.9. The Morgan fingerprint density at radius 2 is 2.00 bits per heavy atom. The van der Waals surface area contributed by atoms with Gasteiger partial charge in [0.05, 0.1) is 15.6 Å². The average molecular weight is 256 g/mol. The van der Waals surface area contributed by atoms with Crippen LogP contribution >= 0.6 is 23.2 Å². The monoisotopic (exact) mass is 255 g/mol. The van der Waals surface area contributed by atoms with Crippen LogP contribution in [0.25, 0.3) is 10.9 Å². The number of benzene rings is 1. The van der Waals surface area contributed by atoms with E-state index >= 15 is 0 Å². The zero-order valence-electron chi connectivity index (χ0n) is 9.03. The summed E-state index contributed by atoms with van der Waals surface area (Å²) in [6, 6.07) is 3.36. The lowest BCUT2D eigenvalue weighted by Gasteiger charge is -2.08. The summed E-state index contributed by atoms with van der Waals surface area (Å²) in [7, 11) is 0. The molecule has 1 aromatic heterocycles. The number of hydrogen-bond acceptors (Lipinski definition) is 1. The molecule has 0 bridgehead atoms. The molecule has 0 fully saturated rings. The summed E-state index contributed by atoms with van der Waals surface area (Å²) in [6.45, 7) is 3.83. The molecule has 0 atom stereocenters. The Bertz CT molecular complexity index is 616. The standard InChI is InChI=1S/C12H11Cl2NO/c1-3-7-6(2)15-11-8(12(7)16)4-5-9(13)10(11)14/h4-5H,3H2,1-2H3,(H,15,16). The molecule has 4 heteroatoms. The van der Waals surface area contributed by atoms with Gasteiger partial charge in [0.1, 0.15) is 0 Å². The van der Waals surface area contributed by atoms with Gasteiger partial charge in [-0.1, -0.05) is 30.1 Å². The molecule has 0 saturated heterocycles. The number of fused-ring (bicyclic) bond motifs is 1. The van der Waals surface area contributed by atoms with Crippen LogP contribution in [0.15, 0.2) is 16.9 Å². The third-order valence-electron chi connectivity index (χ3n) is 2.73. The van der Waals surface area contributed by atoms with Crippen LogP contribution in [0.3, 0.4) is 0 Å². The molecule has 0 saturated carbocycles. The Hall–Kier alpha value is -0.990. The first-order valence-corrected chi connectivity index (χ1v) is 5.81. The van der Waals surface area contributed by atoms with E-state index in [1.54, 1.807) is 12.1 Å². The summed E-state index contributed by atoms with van der Waals surface area (Å²) < 4.78 is 0. The van der Waals surface area contributed by atoms with E-state index in [0.717, 1.165) is 11.3 Å². The quantitative estimate of drug-likeness (QED) is 0.828. The van der Waals surface area contributed by atoms with Crippen LogP contribution in [0.1, 0.15) is 18.2 Å². The lowest BCUT2D eigenvalue weighted by Crippen LogP contribution is -2.12. The topological polar surface area (TPSA) is 32.9 Å². The van der Waals surface area contributed by atoms with Crippen molar-refractivity contribution in [1.82, 2.24) is 4.98 Å². The molecule has 2 rings (SSSR count). The molecular formula is C12H11Cl2NO. The lowest BCUT2D eigenvalue weighted by atomic mass is 10.1. The molecule has 0 amide bonds. The van der Waals surface area contributed by atoms with Crippen molar-refractivity contribution in [2.24, 2.45) is 0 Å². The minimum Gasteiger partial charge on any atom is -0.357 e. The van der Waals surface area contributed by atoms with E-state index in [-0.39, 0.29) is 5.43 Å². The third kappa shape index (κ3) is 1.62. The number of H-pyrrole nitrogens is 1. The second kappa shape index (κ2) is 4.11. The Morgan fingerprint density at radius 1 is 1.31 bits per heavy atom. The van der Waals surface area contributed by atoms with Gasteiger partial charge in [-0.15, -0.1) is 0 Å². The lowest BCUT2D eigenvalue weighted by molar-refractivity contribution is 1.05. The fourth-order valence-corrected chi connectivity index (χ4v) is 2.25. The van der Waals surface area contributed by atoms with E-state index in [2.05, 4.69) is 4.98 Å². The summed E-state index contributed by atoms with van der Waals surface area (Å²) in [6.07, 6.45) is 0.706. The van der Waals surface area contributed by atoms with Crippen molar-refractivity contribution in [3.8, 4) is 0 Å². The first kappa shape index (κ1) is 11.5. The van der Waals surface area contributed by atoms with E-state index in [1.165, 1.54) is 0 Å². The normalized spacial score (nSPS) is 11.0. The highest BCUT2D eigenvalue weighted by molar-refractivity contribution is 6.44. The van der Waals surface area contributed by atoms with Gasteiger partial charge in [-0.25, -0.2) is 0 Å². The first-order valence-electron chi connectivity index (χ1n) is 5.05. The van der Waals surface area contributed by atoms with E-state index in [4.69, 9.17) is 23.2 Å². The van der Waals surface area contributed by atoms with E-state index in [1.807, 2.05) is 13.8 Å².